The van der Waals surface area contributed by atoms with E-state index in [0.29, 0.717) is 17.9 Å². The number of nitrogens with zero attached hydrogens (tertiary/aromatic N) is 2. The van der Waals surface area contributed by atoms with Crippen LogP contribution in [0.4, 0.5) is 5.69 Å². The maximum absolute atomic E-state index is 12.0. The maximum Gasteiger partial charge on any atom is 0.241 e. The van der Waals surface area contributed by atoms with Gasteiger partial charge in [0.15, 0.2) is 5.82 Å². The molecule has 0 radical (unpaired) electrons. The van der Waals surface area contributed by atoms with Crippen molar-refractivity contribution in [3.63, 3.8) is 0 Å². The van der Waals surface area contributed by atoms with Crippen LogP contribution in [0.15, 0.2) is 24.3 Å². The van der Waals surface area contributed by atoms with Crippen LogP contribution in [-0.4, -0.2) is 39.1 Å². The van der Waals surface area contributed by atoms with E-state index >= 15 is 0 Å². The monoisotopic (exact) mass is 305 g/mol. The van der Waals surface area contributed by atoms with Gasteiger partial charge < -0.3 is 11.1 Å². The number of hydrogen-bond acceptors (Lipinski definition) is 5. The molecular formula is C14H19N5OS. The molecule has 0 saturated heterocycles. The van der Waals surface area contributed by atoms with Gasteiger partial charge in [0.2, 0.25) is 5.91 Å². The SMILES string of the molecule is CSCC[C@H](N)C(=O)Nc1cccc(-c2n[nH]c(C)n2)c1. The Morgan fingerprint density at radius 3 is 3.00 bits per heavy atom. The van der Waals surface area contributed by atoms with Gasteiger partial charge in [-0.3, -0.25) is 9.89 Å². The highest BCUT2D eigenvalue weighted by molar-refractivity contribution is 7.98. The standard InChI is InChI=1S/C14H19N5OS/c1-9-16-13(19-18-9)10-4-3-5-11(8-10)17-14(20)12(15)6-7-21-2/h3-5,8,12H,6-7,15H2,1-2H3,(H,17,20)(H,16,18,19)/t12-/m0/s1. The molecule has 1 amide bonds. The second-order valence-corrected chi connectivity index (χ2v) is 5.69. The molecule has 2 rings (SSSR count). The Morgan fingerprint density at radius 1 is 1.52 bits per heavy atom. The molecule has 0 spiro atoms. The van der Waals surface area contributed by atoms with Crippen molar-refractivity contribution >= 4 is 23.4 Å². The van der Waals surface area contributed by atoms with Crippen molar-refractivity contribution < 1.29 is 4.79 Å². The number of H-pyrrole nitrogens is 1. The predicted molar refractivity (Wildman–Crippen MR) is 86.2 cm³/mol. The van der Waals surface area contributed by atoms with E-state index in [-0.39, 0.29) is 5.91 Å². The quantitative estimate of drug-likeness (QED) is 0.756. The fourth-order valence-corrected chi connectivity index (χ4v) is 2.31. The van der Waals surface area contributed by atoms with E-state index in [1.165, 1.54) is 0 Å². The van der Waals surface area contributed by atoms with Crippen LogP contribution in [0.1, 0.15) is 12.2 Å². The molecule has 0 aliphatic carbocycles. The molecule has 4 N–H and O–H groups in total. The summed E-state index contributed by atoms with van der Waals surface area (Å²) < 4.78 is 0. The fourth-order valence-electron chi connectivity index (χ4n) is 1.82. The number of aryl methyl sites for hydroxylation is 1. The summed E-state index contributed by atoms with van der Waals surface area (Å²) >= 11 is 1.68. The number of amides is 1. The summed E-state index contributed by atoms with van der Waals surface area (Å²) in [6, 6.07) is 6.91. The minimum absolute atomic E-state index is 0.174. The summed E-state index contributed by atoms with van der Waals surface area (Å²) in [7, 11) is 0. The highest BCUT2D eigenvalue weighted by Crippen LogP contribution is 2.19. The zero-order valence-electron chi connectivity index (χ0n) is 12.1. The van der Waals surface area contributed by atoms with Crippen LogP contribution < -0.4 is 11.1 Å². The molecule has 0 aliphatic rings. The van der Waals surface area contributed by atoms with Crippen LogP contribution in [0.2, 0.25) is 0 Å². The van der Waals surface area contributed by atoms with E-state index in [1.54, 1.807) is 11.8 Å². The number of benzene rings is 1. The molecule has 112 valence electrons. The summed E-state index contributed by atoms with van der Waals surface area (Å²) in [6.45, 7) is 1.84. The third-order valence-electron chi connectivity index (χ3n) is 2.96. The number of anilines is 1. The van der Waals surface area contributed by atoms with Crippen molar-refractivity contribution in [1.82, 2.24) is 15.2 Å². The molecule has 7 heteroatoms. The first kappa shape index (κ1) is 15.5. The van der Waals surface area contributed by atoms with Gasteiger partial charge in [-0.1, -0.05) is 12.1 Å². The average Bonchev–Trinajstić information content (AvgIpc) is 2.91. The number of thioether (sulfide) groups is 1. The number of carbonyl (C=O) groups is 1. The molecule has 0 saturated carbocycles. The van der Waals surface area contributed by atoms with Gasteiger partial charge in [0, 0.05) is 11.3 Å². The highest BCUT2D eigenvalue weighted by atomic mass is 32.2. The first-order chi connectivity index (χ1) is 10.1. The van der Waals surface area contributed by atoms with Gasteiger partial charge in [-0.2, -0.15) is 16.9 Å². The lowest BCUT2D eigenvalue weighted by Gasteiger charge is -2.12. The number of nitrogens with one attached hydrogen (secondary N) is 2. The zero-order valence-corrected chi connectivity index (χ0v) is 12.9. The number of aromatic amines is 1. The molecule has 1 aromatic heterocycles. The Morgan fingerprint density at radius 2 is 2.33 bits per heavy atom. The topological polar surface area (TPSA) is 96.7 Å². The molecule has 0 unspecified atom stereocenters. The largest absolute Gasteiger partial charge is 0.325 e. The number of carbonyl (C=O) groups excluding carboxylic acids is 1. The first-order valence-corrected chi connectivity index (χ1v) is 8.04. The second-order valence-electron chi connectivity index (χ2n) is 4.70. The van der Waals surface area contributed by atoms with E-state index in [2.05, 4.69) is 20.5 Å². The van der Waals surface area contributed by atoms with Crippen molar-refractivity contribution in [2.24, 2.45) is 5.73 Å². The molecule has 0 bridgehead atoms. The third kappa shape index (κ3) is 4.30. The lowest BCUT2D eigenvalue weighted by atomic mass is 10.1. The Kier molecular flexibility index (Phi) is 5.35. The van der Waals surface area contributed by atoms with Crippen molar-refractivity contribution in [2.45, 2.75) is 19.4 Å². The summed E-state index contributed by atoms with van der Waals surface area (Å²) in [5.74, 6) is 2.05. The zero-order chi connectivity index (χ0) is 15.2. The molecule has 0 aliphatic heterocycles. The van der Waals surface area contributed by atoms with Gasteiger partial charge in [-0.25, -0.2) is 4.98 Å². The first-order valence-electron chi connectivity index (χ1n) is 6.65. The van der Waals surface area contributed by atoms with Crippen LogP contribution in [0.3, 0.4) is 0 Å². The smallest absolute Gasteiger partial charge is 0.241 e. The van der Waals surface area contributed by atoms with Crippen LogP contribution >= 0.6 is 11.8 Å². The number of rotatable bonds is 6. The normalized spacial score (nSPS) is 12.1. The average molecular weight is 305 g/mol. The molecule has 6 nitrogen and oxygen atoms in total. The number of nitrogens with two attached hydrogens (primary N) is 1. The number of aromatic nitrogens is 3. The van der Waals surface area contributed by atoms with Crippen LogP contribution in [-0.2, 0) is 4.79 Å². The van der Waals surface area contributed by atoms with Crippen LogP contribution in [0.25, 0.3) is 11.4 Å². The van der Waals surface area contributed by atoms with Gasteiger partial charge in [0.1, 0.15) is 5.82 Å². The predicted octanol–water partition coefficient (Wildman–Crippen LogP) is 1.80. The van der Waals surface area contributed by atoms with Gasteiger partial charge in [0.25, 0.3) is 0 Å². The second kappa shape index (κ2) is 7.24. The summed E-state index contributed by atoms with van der Waals surface area (Å²) in [6.07, 6.45) is 2.65. The minimum atomic E-state index is -0.494. The molecule has 1 atom stereocenters. The van der Waals surface area contributed by atoms with Gasteiger partial charge in [-0.05, 0) is 37.5 Å². The van der Waals surface area contributed by atoms with Crippen molar-refractivity contribution in [2.75, 3.05) is 17.3 Å². The highest BCUT2D eigenvalue weighted by Gasteiger charge is 2.13. The Bertz CT molecular complexity index is 613. The third-order valence-corrected chi connectivity index (χ3v) is 3.60. The van der Waals surface area contributed by atoms with Gasteiger partial charge >= 0.3 is 0 Å². The molecule has 21 heavy (non-hydrogen) atoms. The summed E-state index contributed by atoms with van der Waals surface area (Å²) in [5.41, 5.74) is 7.39. The van der Waals surface area contributed by atoms with Gasteiger partial charge in [0.05, 0.1) is 6.04 Å². The van der Waals surface area contributed by atoms with Crippen molar-refractivity contribution in [1.29, 1.82) is 0 Å². The molecular weight excluding hydrogens is 286 g/mol. The number of hydrogen-bond donors (Lipinski definition) is 3. The van der Waals surface area contributed by atoms with E-state index in [1.807, 2.05) is 37.4 Å². The lowest BCUT2D eigenvalue weighted by Crippen LogP contribution is -2.36. The fraction of sp³-hybridized carbons (Fsp3) is 0.357. The summed E-state index contributed by atoms with van der Waals surface area (Å²) in [4.78, 5) is 16.3. The minimum Gasteiger partial charge on any atom is -0.325 e. The molecule has 0 fully saturated rings. The van der Waals surface area contributed by atoms with Gasteiger partial charge in [-0.15, -0.1) is 0 Å². The molecule has 1 aromatic carbocycles. The van der Waals surface area contributed by atoms with Crippen molar-refractivity contribution in [3.05, 3.63) is 30.1 Å². The molecule has 1 heterocycles. The van der Waals surface area contributed by atoms with E-state index in [4.69, 9.17) is 5.73 Å². The lowest BCUT2D eigenvalue weighted by molar-refractivity contribution is -0.117. The van der Waals surface area contributed by atoms with E-state index in [9.17, 15) is 4.79 Å². The Hall–Kier alpha value is -1.86. The Balaban J connectivity index is 2.06. The molecule has 2 aromatic rings. The summed E-state index contributed by atoms with van der Waals surface area (Å²) in [5, 5.41) is 9.73. The van der Waals surface area contributed by atoms with Crippen molar-refractivity contribution in [3.8, 4) is 11.4 Å². The van der Waals surface area contributed by atoms with Crippen LogP contribution in [0, 0.1) is 6.92 Å². The van der Waals surface area contributed by atoms with E-state index < -0.39 is 6.04 Å². The maximum atomic E-state index is 12.0. The Labute approximate surface area is 127 Å². The van der Waals surface area contributed by atoms with Crippen LogP contribution in [0.5, 0.6) is 0 Å². The van der Waals surface area contributed by atoms with E-state index in [0.717, 1.165) is 17.1 Å².